The third-order valence-electron chi connectivity index (χ3n) is 4.31. The maximum absolute atomic E-state index is 12.4. The summed E-state index contributed by atoms with van der Waals surface area (Å²) in [6.45, 7) is 6.67. The Morgan fingerprint density at radius 1 is 1.12 bits per heavy atom. The van der Waals surface area contributed by atoms with Crippen LogP contribution in [0.25, 0.3) is 0 Å². The van der Waals surface area contributed by atoms with Crippen LogP contribution in [-0.4, -0.2) is 41.0 Å². The summed E-state index contributed by atoms with van der Waals surface area (Å²) >= 11 is 0. The lowest BCUT2D eigenvalue weighted by Gasteiger charge is -2.34. The molecule has 1 fully saturated rings. The number of likely N-dealkylation sites (tertiary alicyclic amines) is 1. The van der Waals surface area contributed by atoms with Crippen molar-refractivity contribution in [1.82, 2.24) is 4.90 Å². The molecule has 7 heteroatoms. The first kappa shape index (κ1) is 19.8. The van der Waals surface area contributed by atoms with Gasteiger partial charge in [-0.2, -0.15) is 0 Å². The number of nitrogens with zero attached hydrogens (tertiary/aromatic N) is 1. The van der Waals surface area contributed by atoms with E-state index in [2.05, 4.69) is 10.6 Å². The van der Waals surface area contributed by atoms with Gasteiger partial charge in [0.15, 0.2) is 0 Å². The molecule has 0 radical (unpaired) electrons. The summed E-state index contributed by atoms with van der Waals surface area (Å²) in [4.78, 5) is 37.0. The van der Waals surface area contributed by atoms with Crippen molar-refractivity contribution >= 4 is 29.3 Å². The number of hydrogen-bond donors (Lipinski definition) is 3. The van der Waals surface area contributed by atoms with E-state index >= 15 is 0 Å². The highest BCUT2D eigenvalue weighted by Gasteiger charge is 2.31. The number of urea groups is 1. The van der Waals surface area contributed by atoms with Gasteiger partial charge in [-0.3, -0.25) is 9.59 Å². The minimum atomic E-state index is -0.865. The Balaban J connectivity index is 1.92. The molecule has 0 saturated carbocycles. The van der Waals surface area contributed by atoms with Crippen LogP contribution in [0.15, 0.2) is 24.3 Å². The molecule has 1 heterocycles. The molecule has 26 heavy (non-hydrogen) atoms. The first-order valence-electron chi connectivity index (χ1n) is 8.93. The summed E-state index contributed by atoms with van der Waals surface area (Å²) in [5.74, 6) is -0.998. The molecular formula is C19H27N3O4. The van der Waals surface area contributed by atoms with Gasteiger partial charge in [0.1, 0.15) is 0 Å². The Morgan fingerprint density at radius 3 is 2.23 bits per heavy atom. The van der Waals surface area contributed by atoms with Crippen molar-refractivity contribution in [2.45, 2.75) is 33.6 Å². The zero-order valence-corrected chi connectivity index (χ0v) is 15.5. The van der Waals surface area contributed by atoms with Crippen LogP contribution >= 0.6 is 0 Å². The maximum Gasteiger partial charge on any atom is 0.321 e. The SMILES string of the molecule is CC(C)CC(=O)Nc1ccc(NC(=O)N2CC(C)CC(C(=O)O)C2)cc1. The molecule has 7 nitrogen and oxygen atoms in total. The molecule has 1 aromatic carbocycles. The molecule has 1 aromatic rings. The Kier molecular flexibility index (Phi) is 6.60. The highest BCUT2D eigenvalue weighted by Crippen LogP contribution is 2.23. The molecule has 3 N–H and O–H groups in total. The minimum absolute atomic E-state index is 0.0428. The zero-order valence-electron chi connectivity index (χ0n) is 15.5. The van der Waals surface area contributed by atoms with Gasteiger partial charge < -0.3 is 20.6 Å². The quantitative estimate of drug-likeness (QED) is 0.750. The van der Waals surface area contributed by atoms with Crippen molar-refractivity contribution in [2.24, 2.45) is 17.8 Å². The number of carbonyl (C=O) groups is 3. The first-order valence-corrected chi connectivity index (χ1v) is 8.93. The molecule has 2 atom stereocenters. The van der Waals surface area contributed by atoms with Gasteiger partial charge in [0, 0.05) is 30.9 Å². The molecule has 0 aromatic heterocycles. The standard InChI is InChI=1S/C19H27N3O4/c1-12(2)8-17(23)20-15-4-6-16(7-5-15)21-19(26)22-10-13(3)9-14(11-22)18(24)25/h4-7,12-14H,8-11H2,1-3H3,(H,20,23)(H,21,26)(H,24,25). The Hall–Kier alpha value is -2.57. The number of amides is 3. The number of hydrogen-bond acceptors (Lipinski definition) is 3. The van der Waals surface area contributed by atoms with E-state index in [1.54, 1.807) is 29.2 Å². The van der Waals surface area contributed by atoms with E-state index in [1.165, 1.54) is 0 Å². The van der Waals surface area contributed by atoms with Gasteiger partial charge in [0.2, 0.25) is 5.91 Å². The molecule has 2 rings (SSSR count). The lowest BCUT2D eigenvalue weighted by molar-refractivity contribution is -0.143. The zero-order chi connectivity index (χ0) is 19.3. The normalized spacial score (nSPS) is 19.9. The fraction of sp³-hybridized carbons (Fsp3) is 0.526. The summed E-state index contributed by atoms with van der Waals surface area (Å²) in [5.41, 5.74) is 1.27. The average Bonchev–Trinajstić information content (AvgIpc) is 2.55. The van der Waals surface area contributed by atoms with E-state index in [-0.39, 0.29) is 30.3 Å². The second-order valence-corrected chi connectivity index (χ2v) is 7.43. The van der Waals surface area contributed by atoms with Crippen LogP contribution in [0.1, 0.15) is 33.6 Å². The van der Waals surface area contributed by atoms with Crippen molar-refractivity contribution in [1.29, 1.82) is 0 Å². The minimum Gasteiger partial charge on any atom is -0.481 e. The Labute approximate surface area is 153 Å². The predicted molar refractivity (Wildman–Crippen MR) is 100 cm³/mol. The topological polar surface area (TPSA) is 98.7 Å². The molecule has 0 bridgehead atoms. The first-order chi connectivity index (χ1) is 12.2. The number of anilines is 2. The molecule has 2 unspecified atom stereocenters. The van der Waals surface area contributed by atoms with Crippen molar-refractivity contribution in [3.05, 3.63) is 24.3 Å². The van der Waals surface area contributed by atoms with E-state index in [1.807, 2.05) is 20.8 Å². The molecule has 1 saturated heterocycles. The third kappa shape index (κ3) is 5.75. The Bertz CT molecular complexity index is 657. The number of carbonyl (C=O) groups excluding carboxylic acids is 2. The summed E-state index contributed by atoms with van der Waals surface area (Å²) in [6, 6.07) is 6.58. The van der Waals surface area contributed by atoms with E-state index in [9.17, 15) is 19.5 Å². The van der Waals surface area contributed by atoms with E-state index in [0.29, 0.717) is 30.8 Å². The predicted octanol–water partition coefficient (Wildman–Crippen LogP) is 3.25. The summed E-state index contributed by atoms with van der Waals surface area (Å²) in [7, 11) is 0. The number of piperidine rings is 1. The number of carboxylic acid groups (broad SMARTS) is 1. The molecular weight excluding hydrogens is 334 g/mol. The monoisotopic (exact) mass is 361 g/mol. The fourth-order valence-electron chi connectivity index (χ4n) is 3.12. The molecule has 0 spiro atoms. The number of carboxylic acids is 1. The van der Waals surface area contributed by atoms with Crippen LogP contribution in [0.2, 0.25) is 0 Å². The van der Waals surface area contributed by atoms with Gasteiger partial charge in [0.05, 0.1) is 5.92 Å². The second-order valence-electron chi connectivity index (χ2n) is 7.43. The van der Waals surface area contributed by atoms with Gasteiger partial charge in [-0.25, -0.2) is 4.79 Å². The second kappa shape index (κ2) is 8.69. The van der Waals surface area contributed by atoms with Gasteiger partial charge in [-0.1, -0.05) is 20.8 Å². The average molecular weight is 361 g/mol. The van der Waals surface area contributed by atoms with Crippen molar-refractivity contribution < 1.29 is 19.5 Å². The summed E-state index contributed by atoms with van der Waals surface area (Å²) in [5, 5.41) is 14.8. The highest BCUT2D eigenvalue weighted by molar-refractivity contribution is 5.92. The Morgan fingerprint density at radius 2 is 1.69 bits per heavy atom. The molecule has 0 aliphatic carbocycles. The van der Waals surface area contributed by atoms with Gasteiger partial charge in [0.25, 0.3) is 0 Å². The summed E-state index contributed by atoms with van der Waals surface area (Å²) in [6.07, 6.45) is 1.04. The highest BCUT2D eigenvalue weighted by atomic mass is 16.4. The van der Waals surface area contributed by atoms with Gasteiger partial charge >= 0.3 is 12.0 Å². The van der Waals surface area contributed by atoms with Crippen LogP contribution in [0, 0.1) is 17.8 Å². The van der Waals surface area contributed by atoms with Crippen molar-refractivity contribution in [3.8, 4) is 0 Å². The van der Waals surface area contributed by atoms with Crippen molar-refractivity contribution in [3.63, 3.8) is 0 Å². The molecule has 3 amide bonds. The van der Waals surface area contributed by atoms with Crippen LogP contribution in [0.5, 0.6) is 0 Å². The van der Waals surface area contributed by atoms with Crippen LogP contribution < -0.4 is 10.6 Å². The molecule has 142 valence electrons. The van der Waals surface area contributed by atoms with Crippen LogP contribution in [0.3, 0.4) is 0 Å². The number of rotatable bonds is 5. The smallest absolute Gasteiger partial charge is 0.321 e. The number of aliphatic carboxylic acids is 1. The van der Waals surface area contributed by atoms with E-state index in [0.717, 1.165) is 0 Å². The van der Waals surface area contributed by atoms with Crippen molar-refractivity contribution in [2.75, 3.05) is 23.7 Å². The summed E-state index contributed by atoms with van der Waals surface area (Å²) < 4.78 is 0. The van der Waals surface area contributed by atoms with Crippen LogP contribution in [0.4, 0.5) is 16.2 Å². The van der Waals surface area contributed by atoms with Gasteiger partial charge in [-0.05, 0) is 42.5 Å². The third-order valence-corrected chi connectivity index (χ3v) is 4.31. The number of benzene rings is 1. The fourth-order valence-corrected chi connectivity index (χ4v) is 3.12. The van der Waals surface area contributed by atoms with Gasteiger partial charge in [-0.15, -0.1) is 0 Å². The largest absolute Gasteiger partial charge is 0.481 e. The van der Waals surface area contributed by atoms with E-state index < -0.39 is 11.9 Å². The van der Waals surface area contributed by atoms with E-state index in [4.69, 9.17) is 0 Å². The molecule has 1 aliphatic rings. The number of nitrogens with one attached hydrogen (secondary N) is 2. The lowest BCUT2D eigenvalue weighted by Crippen LogP contribution is -2.47. The molecule has 1 aliphatic heterocycles. The lowest BCUT2D eigenvalue weighted by atomic mass is 9.91. The van der Waals surface area contributed by atoms with Crippen LogP contribution in [-0.2, 0) is 9.59 Å². The maximum atomic E-state index is 12.4.